The first-order valence-corrected chi connectivity index (χ1v) is 5.61. The number of anilines is 1. The molecule has 1 aliphatic rings. The fourth-order valence-electron chi connectivity index (χ4n) is 1.54. The maximum atomic E-state index is 5.57. The molecule has 2 rings (SSSR count). The number of rotatable bonds is 1. The zero-order chi connectivity index (χ0) is 9.97. The summed E-state index contributed by atoms with van der Waals surface area (Å²) in [4.78, 5) is 3.50. The molecule has 0 saturated heterocycles. The van der Waals surface area contributed by atoms with E-state index >= 15 is 0 Å². The molecule has 1 aromatic carbocycles. The molecule has 0 N–H and O–H groups in total. The van der Waals surface area contributed by atoms with E-state index in [0.717, 1.165) is 18.9 Å². The third-order valence-corrected chi connectivity index (χ3v) is 3.04. The number of ether oxygens (including phenoxy) is 1. The first-order chi connectivity index (χ1) is 6.81. The first kappa shape index (κ1) is 9.46. The highest BCUT2D eigenvalue weighted by Crippen LogP contribution is 2.31. The van der Waals surface area contributed by atoms with Gasteiger partial charge in [-0.3, -0.25) is 0 Å². The summed E-state index contributed by atoms with van der Waals surface area (Å²) in [6, 6.07) is 6.33. The SMILES string of the molecule is CC=[S+]c1ccc2c(c1)N(C)CCO2. The molecule has 0 aliphatic carbocycles. The fourth-order valence-corrected chi connectivity index (χ4v) is 2.14. The maximum Gasteiger partial charge on any atom is 0.232 e. The molecule has 14 heavy (non-hydrogen) atoms. The van der Waals surface area contributed by atoms with Crippen LogP contribution in [0.5, 0.6) is 5.75 Å². The second-order valence-corrected chi connectivity index (χ2v) is 4.43. The summed E-state index contributed by atoms with van der Waals surface area (Å²) >= 11 is 1.74. The molecule has 1 heterocycles. The molecule has 0 unspecified atom stereocenters. The Balaban J connectivity index is 2.40. The van der Waals surface area contributed by atoms with Gasteiger partial charge in [-0.25, -0.2) is 0 Å². The molecule has 1 aromatic rings. The average molecular weight is 208 g/mol. The predicted octanol–water partition coefficient (Wildman–Crippen LogP) is 1.78. The van der Waals surface area contributed by atoms with Crippen LogP contribution < -0.4 is 9.64 Å². The van der Waals surface area contributed by atoms with Crippen molar-refractivity contribution in [1.82, 2.24) is 0 Å². The Kier molecular flexibility index (Phi) is 2.68. The Morgan fingerprint density at radius 2 is 2.36 bits per heavy atom. The van der Waals surface area contributed by atoms with Crippen molar-refractivity contribution in [2.75, 3.05) is 25.1 Å². The van der Waals surface area contributed by atoms with Crippen molar-refractivity contribution >= 4 is 22.4 Å². The Morgan fingerprint density at radius 1 is 1.50 bits per heavy atom. The van der Waals surface area contributed by atoms with Gasteiger partial charge in [-0.05, 0) is 6.07 Å². The second-order valence-electron chi connectivity index (χ2n) is 3.25. The van der Waals surface area contributed by atoms with Crippen LogP contribution in [-0.4, -0.2) is 25.6 Å². The van der Waals surface area contributed by atoms with Crippen LogP contribution in [-0.2, 0) is 11.4 Å². The number of likely N-dealkylation sites (N-methyl/N-ethyl adjacent to an activating group) is 1. The van der Waals surface area contributed by atoms with Crippen molar-refractivity contribution in [3.63, 3.8) is 0 Å². The van der Waals surface area contributed by atoms with Crippen molar-refractivity contribution in [2.24, 2.45) is 0 Å². The molecule has 0 bridgehead atoms. The van der Waals surface area contributed by atoms with Crippen LogP contribution in [0.25, 0.3) is 0 Å². The summed E-state index contributed by atoms with van der Waals surface area (Å²) in [5.74, 6) is 0.999. The van der Waals surface area contributed by atoms with Gasteiger partial charge in [0.05, 0.1) is 12.2 Å². The lowest BCUT2D eigenvalue weighted by atomic mass is 10.2. The van der Waals surface area contributed by atoms with Crippen LogP contribution in [0.15, 0.2) is 23.1 Å². The van der Waals surface area contributed by atoms with Gasteiger partial charge < -0.3 is 9.64 Å². The molecule has 0 saturated carbocycles. The van der Waals surface area contributed by atoms with Crippen molar-refractivity contribution in [2.45, 2.75) is 11.8 Å². The Bertz CT molecular complexity index is 362. The molecule has 0 aromatic heterocycles. The minimum absolute atomic E-state index is 0.788. The number of nitrogens with zero attached hydrogens (tertiary/aromatic N) is 1. The lowest BCUT2D eigenvalue weighted by molar-refractivity contribution is 0.311. The summed E-state index contributed by atoms with van der Waals surface area (Å²) in [5, 5.41) is 2.09. The summed E-state index contributed by atoms with van der Waals surface area (Å²) in [7, 11) is 2.10. The number of fused-ring (bicyclic) bond motifs is 1. The summed E-state index contributed by atoms with van der Waals surface area (Å²) in [6.07, 6.45) is 0. The molecular formula is C11H14NOS+. The highest BCUT2D eigenvalue weighted by atomic mass is 32.1. The Morgan fingerprint density at radius 3 is 3.14 bits per heavy atom. The van der Waals surface area contributed by atoms with Crippen LogP contribution in [0.4, 0.5) is 5.69 Å². The van der Waals surface area contributed by atoms with E-state index in [4.69, 9.17) is 4.74 Å². The van der Waals surface area contributed by atoms with Crippen LogP contribution >= 0.6 is 0 Å². The second kappa shape index (κ2) is 3.96. The highest BCUT2D eigenvalue weighted by molar-refractivity contribution is 7.77. The highest BCUT2D eigenvalue weighted by Gasteiger charge is 2.16. The van der Waals surface area contributed by atoms with Gasteiger partial charge in [-0.1, -0.05) is 0 Å². The van der Waals surface area contributed by atoms with E-state index in [1.165, 1.54) is 10.6 Å². The van der Waals surface area contributed by atoms with Crippen LogP contribution in [0, 0.1) is 0 Å². The third kappa shape index (κ3) is 1.73. The molecular weight excluding hydrogens is 194 g/mol. The summed E-state index contributed by atoms with van der Waals surface area (Å²) in [6.45, 7) is 3.80. The van der Waals surface area contributed by atoms with Crippen molar-refractivity contribution in [1.29, 1.82) is 0 Å². The van der Waals surface area contributed by atoms with Gasteiger partial charge in [0.1, 0.15) is 12.4 Å². The lowest BCUT2D eigenvalue weighted by Gasteiger charge is -2.26. The van der Waals surface area contributed by atoms with Gasteiger partial charge in [-0.15, -0.1) is 0 Å². The van der Waals surface area contributed by atoms with Gasteiger partial charge in [0.25, 0.3) is 0 Å². The molecule has 1 aliphatic heterocycles. The molecule has 0 spiro atoms. The van der Waals surface area contributed by atoms with Crippen LogP contribution in [0.3, 0.4) is 0 Å². The summed E-state index contributed by atoms with van der Waals surface area (Å²) in [5.41, 5.74) is 1.20. The van der Waals surface area contributed by atoms with E-state index < -0.39 is 0 Å². The lowest BCUT2D eigenvalue weighted by Crippen LogP contribution is -2.28. The Hall–Kier alpha value is -1.09. The van der Waals surface area contributed by atoms with E-state index in [-0.39, 0.29) is 0 Å². The number of hydrogen-bond donors (Lipinski definition) is 0. The normalized spacial score (nSPS) is 15.4. The first-order valence-electron chi connectivity index (χ1n) is 4.74. The molecule has 3 heteroatoms. The molecule has 0 radical (unpaired) electrons. The largest absolute Gasteiger partial charge is 0.490 e. The summed E-state index contributed by atoms with van der Waals surface area (Å²) < 4.78 is 5.57. The maximum absolute atomic E-state index is 5.57. The fraction of sp³-hybridized carbons (Fsp3) is 0.364. The Labute approximate surface area is 88.5 Å². The van der Waals surface area contributed by atoms with Gasteiger partial charge >= 0.3 is 0 Å². The minimum Gasteiger partial charge on any atom is -0.490 e. The van der Waals surface area contributed by atoms with E-state index in [0.29, 0.717) is 0 Å². The van der Waals surface area contributed by atoms with Crippen molar-refractivity contribution < 1.29 is 4.74 Å². The third-order valence-electron chi connectivity index (χ3n) is 2.28. The smallest absolute Gasteiger partial charge is 0.232 e. The van der Waals surface area contributed by atoms with Crippen molar-refractivity contribution in [3.05, 3.63) is 18.2 Å². The van der Waals surface area contributed by atoms with Gasteiger partial charge in [-0.2, -0.15) is 0 Å². The quantitative estimate of drug-likeness (QED) is 0.515. The van der Waals surface area contributed by atoms with E-state index in [1.54, 1.807) is 11.4 Å². The van der Waals surface area contributed by atoms with E-state index in [2.05, 4.69) is 35.5 Å². The van der Waals surface area contributed by atoms with Crippen LogP contribution in [0.2, 0.25) is 0 Å². The van der Waals surface area contributed by atoms with Gasteiger partial charge in [0.15, 0.2) is 5.37 Å². The van der Waals surface area contributed by atoms with Crippen molar-refractivity contribution in [3.8, 4) is 5.75 Å². The van der Waals surface area contributed by atoms with Gasteiger partial charge in [0, 0.05) is 26.1 Å². The molecule has 74 valence electrons. The monoisotopic (exact) mass is 208 g/mol. The topological polar surface area (TPSA) is 12.5 Å². The van der Waals surface area contributed by atoms with Crippen LogP contribution in [0.1, 0.15) is 6.92 Å². The van der Waals surface area contributed by atoms with E-state index in [9.17, 15) is 0 Å². The zero-order valence-corrected chi connectivity index (χ0v) is 9.30. The molecule has 0 fully saturated rings. The standard InChI is InChI=1S/C11H14NOS/c1-3-14-9-4-5-11-10(8-9)12(2)6-7-13-11/h3-5,8H,6-7H2,1-2H3/q+1. The average Bonchev–Trinajstić information content (AvgIpc) is 2.20. The predicted molar refractivity (Wildman–Crippen MR) is 62.6 cm³/mol. The van der Waals surface area contributed by atoms with E-state index in [1.807, 2.05) is 6.92 Å². The molecule has 0 atom stereocenters. The van der Waals surface area contributed by atoms with Gasteiger partial charge in [0.2, 0.25) is 16.2 Å². The number of hydrogen-bond acceptors (Lipinski definition) is 2. The minimum atomic E-state index is 0.788. The molecule has 2 nitrogen and oxygen atoms in total. The molecule has 0 amide bonds. The zero-order valence-electron chi connectivity index (χ0n) is 8.49. The number of benzene rings is 1.